The SMILES string of the molecule is C[C@H]1CCCN(Cc2csc(NC(=O)CCn3c(=S)[nH]c4ccccc4c3=O)n2)C1. The van der Waals surface area contributed by atoms with Gasteiger partial charge in [0.1, 0.15) is 0 Å². The van der Waals surface area contributed by atoms with Gasteiger partial charge in [0.25, 0.3) is 5.56 Å². The van der Waals surface area contributed by atoms with Crippen molar-refractivity contribution in [2.24, 2.45) is 5.92 Å². The van der Waals surface area contributed by atoms with Crippen molar-refractivity contribution < 1.29 is 4.79 Å². The Morgan fingerprint density at radius 1 is 1.40 bits per heavy atom. The molecule has 4 rings (SSSR count). The maximum absolute atomic E-state index is 12.7. The number of nitrogens with one attached hydrogen (secondary N) is 2. The number of anilines is 1. The number of aromatic amines is 1. The number of hydrogen-bond donors (Lipinski definition) is 2. The second-order valence-corrected chi connectivity index (χ2v) is 9.10. The highest BCUT2D eigenvalue weighted by Gasteiger charge is 2.17. The lowest BCUT2D eigenvalue weighted by atomic mass is 10.0. The molecular formula is C21H25N5O2S2. The Morgan fingerprint density at radius 3 is 3.07 bits per heavy atom. The molecule has 1 aliphatic heterocycles. The number of benzene rings is 1. The van der Waals surface area contributed by atoms with Gasteiger partial charge in [-0.2, -0.15) is 0 Å². The normalized spacial score (nSPS) is 17.3. The maximum Gasteiger partial charge on any atom is 0.262 e. The Bertz CT molecular complexity index is 1170. The smallest absolute Gasteiger partial charge is 0.262 e. The summed E-state index contributed by atoms with van der Waals surface area (Å²) in [5, 5.41) is 6.00. The molecule has 1 fully saturated rings. The Kier molecular flexibility index (Phi) is 6.40. The summed E-state index contributed by atoms with van der Waals surface area (Å²) in [6, 6.07) is 7.22. The minimum absolute atomic E-state index is 0.147. The third-order valence-corrected chi connectivity index (χ3v) is 6.51. The zero-order valence-electron chi connectivity index (χ0n) is 16.9. The molecule has 0 spiro atoms. The van der Waals surface area contributed by atoms with Gasteiger partial charge in [0.05, 0.1) is 16.6 Å². The average Bonchev–Trinajstić information content (AvgIpc) is 3.14. The van der Waals surface area contributed by atoms with E-state index < -0.39 is 0 Å². The number of likely N-dealkylation sites (tertiary alicyclic amines) is 1. The minimum atomic E-state index is -0.186. The zero-order chi connectivity index (χ0) is 21.1. The number of amides is 1. The molecular weight excluding hydrogens is 418 g/mol. The second kappa shape index (κ2) is 9.20. The topological polar surface area (TPSA) is 83.0 Å². The first-order valence-corrected chi connectivity index (χ1v) is 11.5. The summed E-state index contributed by atoms with van der Waals surface area (Å²) >= 11 is 6.73. The summed E-state index contributed by atoms with van der Waals surface area (Å²) in [4.78, 5) is 35.1. The molecule has 0 bridgehead atoms. The third kappa shape index (κ3) is 4.85. The van der Waals surface area contributed by atoms with Crippen LogP contribution in [0.1, 0.15) is 31.9 Å². The molecule has 0 radical (unpaired) electrons. The molecule has 158 valence electrons. The number of fused-ring (bicyclic) bond motifs is 1. The number of H-pyrrole nitrogens is 1. The molecule has 9 heteroatoms. The highest BCUT2D eigenvalue weighted by atomic mass is 32.1. The van der Waals surface area contributed by atoms with Crippen LogP contribution in [-0.4, -0.2) is 38.4 Å². The summed E-state index contributed by atoms with van der Waals surface area (Å²) in [7, 11) is 0. The largest absolute Gasteiger partial charge is 0.332 e. The molecule has 30 heavy (non-hydrogen) atoms. The van der Waals surface area contributed by atoms with Crippen molar-refractivity contribution in [2.75, 3.05) is 18.4 Å². The standard InChI is InChI=1S/C21H25N5O2S2/c1-14-5-4-9-25(11-14)12-15-13-30-20(22-15)24-18(27)8-10-26-19(28)16-6-2-3-7-17(16)23-21(26)29/h2-3,6-7,13-14H,4-5,8-12H2,1H3,(H,23,29)(H,22,24,27)/t14-/m0/s1. The van der Waals surface area contributed by atoms with Crippen molar-refractivity contribution in [1.82, 2.24) is 19.4 Å². The van der Waals surface area contributed by atoms with Crippen LogP contribution < -0.4 is 10.9 Å². The fourth-order valence-electron chi connectivity index (χ4n) is 3.89. The van der Waals surface area contributed by atoms with Crippen LogP contribution in [0.25, 0.3) is 10.9 Å². The van der Waals surface area contributed by atoms with Gasteiger partial charge < -0.3 is 10.3 Å². The number of piperidine rings is 1. The van der Waals surface area contributed by atoms with Crippen LogP contribution in [0.3, 0.4) is 0 Å². The molecule has 2 N–H and O–H groups in total. The first-order valence-electron chi connectivity index (χ1n) is 10.2. The molecule has 1 atom stereocenters. The first-order chi connectivity index (χ1) is 14.5. The van der Waals surface area contributed by atoms with Crippen LogP contribution in [0.2, 0.25) is 0 Å². The zero-order valence-corrected chi connectivity index (χ0v) is 18.5. The number of thiazole rings is 1. The molecule has 1 saturated heterocycles. The fourth-order valence-corrected chi connectivity index (χ4v) is 4.90. The molecule has 0 saturated carbocycles. The number of hydrogen-bond acceptors (Lipinski definition) is 6. The molecule has 3 aromatic rings. The highest BCUT2D eigenvalue weighted by Crippen LogP contribution is 2.21. The van der Waals surface area contributed by atoms with E-state index in [9.17, 15) is 9.59 Å². The Balaban J connectivity index is 1.36. The van der Waals surface area contributed by atoms with Crippen molar-refractivity contribution in [2.45, 2.75) is 39.3 Å². The Hall–Kier alpha value is -2.36. The number of rotatable bonds is 6. The van der Waals surface area contributed by atoms with Crippen molar-refractivity contribution in [3.05, 3.63) is 50.5 Å². The van der Waals surface area contributed by atoms with E-state index in [1.54, 1.807) is 6.07 Å². The number of carbonyl (C=O) groups is 1. The molecule has 2 aromatic heterocycles. The number of nitrogens with zero attached hydrogens (tertiary/aromatic N) is 3. The van der Waals surface area contributed by atoms with Gasteiger partial charge in [0, 0.05) is 31.4 Å². The van der Waals surface area contributed by atoms with E-state index in [1.165, 1.54) is 28.7 Å². The average molecular weight is 444 g/mol. The van der Waals surface area contributed by atoms with Crippen molar-refractivity contribution in [1.29, 1.82) is 0 Å². The van der Waals surface area contributed by atoms with E-state index >= 15 is 0 Å². The van der Waals surface area contributed by atoms with Crippen LogP contribution in [0.5, 0.6) is 0 Å². The van der Waals surface area contributed by atoms with Gasteiger partial charge in [-0.1, -0.05) is 19.1 Å². The van der Waals surface area contributed by atoms with Crippen LogP contribution in [0, 0.1) is 10.7 Å². The van der Waals surface area contributed by atoms with E-state index in [0.29, 0.717) is 20.8 Å². The Morgan fingerprint density at radius 2 is 2.23 bits per heavy atom. The van der Waals surface area contributed by atoms with Gasteiger partial charge >= 0.3 is 0 Å². The summed E-state index contributed by atoms with van der Waals surface area (Å²) in [6.45, 7) is 5.52. The molecule has 1 amide bonds. The monoisotopic (exact) mass is 443 g/mol. The lowest BCUT2D eigenvalue weighted by Crippen LogP contribution is -2.33. The Labute approximate surface area is 183 Å². The summed E-state index contributed by atoms with van der Waals surface area (Å²) in [5.74, 6) is 0.540. The quantitative estimate of drug-likeness (QED) is 0.567. The molecule has 1 aromatic carbocycles. The van der Waals surface area contributed by atoms with Crippen molar-refractivity contribution in [3.63, 3.8) is 0 Å². The minimum Gasteiger partial charge on any atom is -0.332 e. The maximum atomic E-state index is 12.7. The molecule has 0 unspecified atom stereocenters. The number of aromatic nitrogens is 3. The van der Waals surface area contributed by atoms with E-state index in [4.69, 9.17) is 12.2 Å². The van der Waals surface area contributed by atoms with Gasteiger partial charge in [-0.3, -0.25) is 19.1 Å². The van der Waals surface area contributed by atoms with Gasteiger partial charge in [-0.15, -0.1) is 11.3 Å². The van der Waals surface area contributed by atoms with E-state index in [0.717, 1.165) is 31.2 Å². The lowest BCUT2D eigenvalue weighted by molar-refractivity contribution is -0.116. The van der Waals surface area contributed by atoms with E-state index in [-0.39, 0.29) is 24.4 Å². The first kappa shape index (κ1) is 20.9. The predicted octanol–water partition coefficient (Wildman–Crippen LogP) is 3.78. The highest BCUT2D eigenvalue weighted by molar-refractivity contribution is 7.71. The van der Waals surface area contributed by atoms with E-state index in [2.05, 4.69) is 27.1 Å². The summed E-state index contributed by atoms with van der Waals surface area (Å²) < 4.78 is 1.75. The second-order valence-electron chi connectivity index (χ2n) is 7.86. The third-order valence-electron chi connectivity index (χ3n) is 5.38. The molecule has 1 aliphatic rings. The number of para-hydroxylation sites is 1. The van der Waals surface area contributed by atoms with Gasteiger partial charge in [0.2, 0.25) is 5.91 Å². The van der Waals surface area contributed by atoms with Crippen LogP contribution in [0.15, 0.2) is 34.4 Å². The van der Waals surface area contributed by atoms with Gasteiger partial charge in [0.15, 0.2) is 9.90 Å². The van der Waals surface area contributed by atoms with Crippen molar-refractivity contribution >= 4 is 45.5 Å². The predicted molar refractivity (Wildman–Crippen MR) is 122 cm³/mol. The van der Waals surface area contributed by atoms with Crippen molar-refractivity contribution in [3.8, 4) is 0 Å². The molecule has 7 nitrogen and oxygen atoms in total. The fraction of sp³-hybridized carbons (Fsp3) is 0.429. The van der Waals surface area contributed by atoms with Gasteiger partial charge in [-0.05, 0) is 49.7 Å². The van der Waals surface area contributed by atoms with Gasteiger partial charge in [-0.25, -0.2) is 4.98 Å². The van der Waals surface area contributed by atoms with Crippen LogP contribution >= 0.6 is 23.6 Å². The molecule has 3 heterocycles. The van der Waals surface area contributed by atoms with Crippen LogP contribution in [-0.2, 0) is 17.9 Å². The summed E-state index contributed by atoms with van der Waals surface area (Å²) in [5.41, 5.74) is 1.50. The van der Waals surface area contributed by atoms with Crippen LogP contribution in [0.4, 0.5) is 5.13 Å². The summed E-state index contributed by atoms with van der Waals surface area (Å²) in [6.07, 6.45) is 2.67. The number of carbonyl (C=O) groups excluding carboxylic acids is 1. The molecule has 0 aliphatic carbocycles. The lowest BCUT2D eigenvalue weighted by Gasteiger charge is -2.30. The van der Waals surface area contributed by atoms with E-state index in [1.807, 2.05) is 23.6 Å².